The monoisotopic (exact) mass is 294 g/mol. The maximum Gasteiger partial charge on any atom is 0.237 e. The van der Waals surface area contributed by atoms with Crippen molar-refractivity contribution in [3.8, 4) is 0 Å². The van der Waals surface area contributed by atoms with Gasteiger partial charge >= 0.3 is 0 Å². The molecule has 0 aromatic heterocycles. The molecule has 0 radical (unpaired) electrons. The maximum atomic E-state index is 10.5. The molecular formula is C11H10N4O4S. The summed E-state index contributed by atoms with van der Waals surface area (Å²) in [5.74, 6) is 0.835. The predicted molar refractivity (Wildman–Crippen MR) is 69.3 cm³/mol. The minimum absolute atomic E-state index is 0.0242. The second kappa shape index (κ2) is 8.12. The van der Waals surface area contributed by atoms with Gasteiger partial charge in [-0.1, -0.05) is 0 Å². The van der Waals surface area contributed by atoms with Gasteiger partial charge in [0.15, 0.2) is 6.17 Å². The Morgan fingerprint density at radius 1 is 1.05 bits per heavy atom. The van der Waals surface area contributed by atoms with E-state index in [0.29, 0.717) is 11.5 Å². The van der Waals surface area contributed by atoms with Crippen molar-refractivity contribution in [2.45, 2.75) is 6.17 Å². The molecule has 104 valence electrons. The van der Waals surface area contributed by atoms with Crippen molar-refractivity contribution in [1.29, 1.82) is 0 Å². The van der Waals surface area contributed by atoms with E-state index in [0.717, 1.165) is 0 Å². The zero-order valence-electron chi connectivity index (χ0n) is 10.3. The van der Waals surface area contributed by atoms with E-state index in [-0.39, 0.29) is 19.0 Å². The zero-order chi connectivity index (χ0) is 14.8. The number of hydrogen-bond acceptors (Lipinski definition) is 9. The smallest absolute Gasteiger partial charge is 0.211 e. The Morgan fingerprint density at radius 3 is 2.25 bits per heavy atom. The Labute approximate surface area is 118 Å². The number of isocyanates is 4. The second-order valence-corrected chi connectivity index (χ2v) is 5.13. The van der Waals surface area contributed by atoms with E-state index in [2.05, 4.69) is 20.0 Å². The lowest BCUT2D eigenvalue weighted by molar-refractivity contribution is 0.197. The SMILES string of the molecule is O=C=NCC1CSCC1(CN=C=O)C(N=C=O)N=C=O. The van der Waals surface area contributed by atoms with Crippen LogP contribution in [0.4, 0.5) is 0 Å². The summed E-state index contributed by atoms with van der Waals surface area (Å²) in [6, 6.07) is 0. The zero-order valence-corrected chi connectivity index (χ0v) is 11.1. The topological polar surface area (TPSA) is 118 Å². The number of aliphatic imine (C=N–C) groups is 4. The van der Waals surface area contributed by atoms with Crippen molar-refractivity contribution in [1.82, 2.24) is 0 Å². The third kappa shape index (κ3) is 3.45. The number of hydrogen-bond donors (Lipinski definition) is 0. The normalized spacial score (nSPS) is 25.3. The molecule has 9 heteroatoms. The van der Waals surface area contributed by atoms with E-state index in [9.17, 15) is 19.2 Å². The van der Waals surface area contributed by atoms with Crippen LogP contribution in [0.5, 0.6) is 0 Å². The molecule has 1 fully saturated rings. The van der Waals surface area contributed by atoms with Crippen LogP contribution in [0.2, 0.25) is 0 Å². The van der Waals surface area contributed by atoms with Gasteiger partial charge in [-0.25, -0.2) is 29.2 Å². The third-order valence-electron chi connectivity index (χ3n) is 3.18. The van der Waals surface area contributed by atoms with Gasteiger partial charge in [0.1, 0.15) is 0 Å². The fourth-order valence-corrected chi connectivity index (χ4v) is 3.86. The van der Waals surface area contributed by atoms with Crippen LogP contribution in [0.1, 0.15) is 0 Å². The summed E-state index contributed by atoms with van der Waals surface area (Å²) in [7, 11) is 0. The molecule has 0 bridgehead atoms. The lowest BCUT2D eigenvalue weighted by Gasteiger charge is -2.33. The summed E-state index contributed by atoms with van der Waals surface area (Å²) in [5.41, 5.74) is -0.864. The molecule has 1 aliphatic heterocycles. The highest BCUT2D eigenvalue weighted by Crippen LogP contribution is 2.45. The van der Waals surface area contributed by atoms with Gasteiger partial charge in [-0.3, -0.25) is 0 Å². The van der Waals surface area contributed by atoms with Crippen LogP contribution in [0.3, 0.4) is 0 Å². The Kier molecular flexibility index (Phi) is 6.47. The van der Waals surface area contributed by atoms with Crippen molar-refractivity contribution >= 4 is 36.1 Å². The minimum Gasteiger partial charge on any atom is -0.211 e. The fraction of sp³-hybridized carbons (Fsp3) is 0.636. The van der Waals surface area contributed by atoms with E-state index in [1.165, 1.54) is 36.1 Å². The number of thioether (sulfide) groups is 1. The Morgan fingerprint density at radius 2 is 1.70 bits per heavy atom. The first-order valence-corrected chi connectivity index (χ1v) is 6.69. The Balaban J connectivity index is 3.23. The van der Waals surface area contributed by atoms with E-state index in [1.54, 1.807) is 0 Å². The van der Waals surface area contributed by atoms with E-state index < -0.39 is 11.6 Å². The standard InChI is InChI=1S/C11H10N4O4S/c16-5-12-1-9-2-20-4-11(9,3-13-6-17)10(14-7-18)15-8-19/h9-10H,1-4H2. The molecule has 1 saturated heterocycles. The fourth-order valence-electron chi connectivity index (χ4n) is 2.16. The largest absolute Gasteiger partial charge is 0.237 e. The molecule has 1 aliphatic rings. The maximum absolute atomic E-state index is 10.5. The molecule has 0 aliphatic carbocycles. The highest BCUT2D eigenvalue weighted by Gasteiger charge is 2.50. The summed E-state index contributed by atoms with van der Waals surface area (Å²) in [5, 5.41) is 0. The molecule has 0 saturated carbocycles. The molecule has 2 unspecified atom stereocenters. The molecule has 8 nitrogen and oxygen atoms in total. The summed E-state index contributed by atoms with van der Waals surface area (Å²) in [6.45, 7) is 0.105. The predicted octanol–water partition coefficient (Wildman–Crippen LogP) is 0.00510. The average molecular weight is 294 g/mol. The number of carbonyl (C=O) groups excluding carboxylic acids is 4. The molecule has 1 rings (SSSR count). The van der Waals surface area contributed by atoms with Crippen LogP contribution >= 0.6 is 11.8 Å². The van der Waals surface area contributed by atoms with E-state index in [1.807, 2.05) is 0 Å². The quantitative estimate of drug-likeness (QED) is 0.484. The van der Waals surface area contributed by atoms with Gasteiger partial charge in [0, 0.05) is 17.1 Å². The lowest BCUT2D eigenvalue weighted by atomic mass is 9.75. The van der Waals surface area contributed by atoms with Gasteiger partial charge < -0.3 is 0 Å². The molecular weight excluding hydrogens is 284 g/mol. The van der Waals surface area contributed by atoms with Crippen LogP contribution in [-0.2, 0) is 19.2 Å². The molecule has 0 N–H and O–H groups in total. The van der Waals surface area contributed by atoms with E-state index >= 15 is 0 Å². The summed E-state index contributed by atoms with van der Waals surface area (Å²) >= 11 is 1.51. The van der Waals surface area contributed by atoms with Crippen LogP contribution in [-0.4, -0.2) is 55.1 Å². The minimum atomic E-state index is -1.06. The van der Waals surface area contributed by atoms with E-state index in [4.69, 9.17) is 0 Å². The number of rotatable bonds is 7. The van der Waals surface area contributed by atoms with Crippen molar-refractivity contribution < 1.29 is 19.2 Å². The average Bonchev–Trinajstić information content (AvgIpc) is 2.86. The van der Waals surface area contributed by atoms with Gasteiger partial charge in [0.25, 0.3) is 0 Å². The highest BCUT2D eigenvalue weighted by atomic mass is 32.2. The van der Waals surface area contributed by atoms with Gasteiger partial charge in [0.05, 0.1) is 13.1 Å². The lowest BCUT2D eigenvalue weighted by Crippen LogP contribution is -2.43. The van der Waals surface area contributed by atoms with Gasteiger partial charge in [-0.15, -0.1) is 0 Å². The summed E-state index contributed by atoms with van der Waals surface area (Å²) in [6.07, 6.45) is 4.49. The molecule has 0 aromatic rings. The van der Waals surface area contributed by atoms with Crippen LogP contribution in [0.25, 0.3) is 0 Å². The Hall–Kier alpha value is -2.13. The Bertz CT molecular complexity index is 525. The molecule has 0 aromatic carbocycles. The second-order valence-electron chi connectivity index (χ2n) is 4.10. The summed E-state index contributed by atoms with van der Waals surface area (Å²) in [4.78, 5) is 55.7. The van der Waals surface area contributed by atoms with Crippen molar-refractivity contribution in [3.63, 3.8) is 0 Å². The van der Waals surface area contributed by atoms with Crippen molar-refractivity contribution in [3.05, 3.63) is 0 Å². The molecule has 0 spiro atoms. The van der Waals surface area contributed by atoms with Gasteiger partial charge in [-0.05, 0) is 5.75 Å². The molecule has 2 atom stereocenters. The summed E-state index contributed by atoms with van der Waals surface area (Å²) < 4.78 is 0. The highest BCUT2D eigenvalue weighted by molar-refractivity contribution is 7.99. The first-order valence-electron chi connectivity index (χ1n) is 5.54. The number of nitrogens with zero attached hydrogens (tertiary/aromatic N) is 4. The first kappa shape index (κ1) is 15.9. The van der Waals surface area contributed by atoms with Crippen LogP contribution in [0, 0.1) is 11.3 Å². The van der Waals surface area contributed by atoms with Crippen LogP contribution in [0.15, 0.2) is 20.0 Å². The van der Waals surface area contributed by atoms with Crippen molar-refractivity contribution in [2.75, 3.05) is 24.6 Å². The molecule has 1 heterocycles. The van der Waals surface area contributed by atoms with Crippen LogP contribution < -0.4 is 0 Å². The third-order valence-corrected chi connectivity index (χ3v) is 4.56. The van der Waals surface area contributed by atoms with Crippen molar-refractivity contribution in [2.24, 2.45) is 31.3 Å². The molecule has 0 amide bonds. The van der Waals surface area contributed by atoms with Gasteiger partial charge in [0.2, 0.25) is 24.3 Å². The van der Waals surface area contributed by atoms with Gasteiger partial charge in [-0.2, -0.15) is 21.7 Å². The first-order chi connectivity index (χ1) is 9.75. The molecule has 20 heavy (non-hydrogen) atoms.